The van der Waals surface area contributed by atoms with Gasteiger partial charge in [0.15, 0.2) is 0 Å². The van der Waals surface area contributed by atoms with E-state index in [9.17, 15) is 18.0 Å². The van der Waals surface area contributed by atoms with Crippen molar-refractivity contribution in [2.24, 2.45) is 5.92 Å². The smallest absolute Gasteiger partial charge is 0.299 e. The van der Waals surface area contributed by atoms with Gasteiger partial charge in [-0.1, -0.05) is 6.92 Å². The summed E-state index contributed by atoms with van der Waals surface area (Å²) in [5.74, 6) is -0.204. The Morgan fingerprint density at radius 2 is 2.07 bits per heavy atom. The lowest BCUT2D eigenvalue weighted by atomic mass is 9.97. The molecular formula is C9H14F3NO. The van der Waals surface area contributed by atoms with Crippen LogP contribution in [0.4, 0.5) is 13.2 Å². The van der Waals surface area contributed by atoms with E-state index in [4.69, 9.17) is 0 Å². The first-order valence-electron chi connectivity index (χ1n) is 4.66. The molecule has 1 aliphatic heterocycles. The number of rotatable bonds is 1. The lowest BCUT2D eigenvalue weighted by molar-refractivity contribution is -0.183. The highest BCUT2D eigenvalue weighted by Crippen LogP contribution is 2.27. The monoisotopic (exact) mass is 209 g/mol. The van der Waals surface area contributed by atoms with Crippen LogP contribution in [0.3, 0.4) is 0 Å². The minimum Gasteiger partial charge on any atom is -0.299 e. The second-order valence-electron chi connectivity index (χ2n) is 3.83. The summed E-state index contributed by atoms with van der Waals surface area (Å²) in [6.07, 6.45) is -3.96. The van der Waals surface area contributed by atoms with Crippen LogP contribution in [-0.2, 0) is 4.79 Å². The number of ketones is 1. The average molecular weight is 209 g/mol. The Balaban J connectivity index is 2.59. The number of alkyl halides is 3. The number of hydrogen-bond donors (Lipinski definition) is 0. The minimum atomic E-state index is -4.19. The number of likely N-dealkylation sites (tertiary alicyclic amines) is 1. The van der Waals surface area contributed by atoms with Gasteiger partial charge in [0, 0.05) is 25.4 Å². The second kappa shape index (κ2) is 3.88. The number of hydrogen-bond acceptors (Lipinski definition) is 2. The van der Waals surface area contributed by atoms with Gasteiger partial charge in [0.1, 0.15) is 11.8 Å². The summed E-state index contributed by atoms with van der Waals surface area (Å²) in [5.41, 5.74) is 0. The van der Waals surface area contributed by atoms with Crippen LogP contribution in [0.1, 0.15) is 20.3 Å². The van der Waals surface area contributed by atoms with Gasteiger partial charge in [-0.05, 0) is 6.92 Å². The summed E-state index contributed by atoms with van der Waals surface area (Å²) in [7, 11) is 0. The summed E-state index contributed by atoms with van der Waals surface area (Å²) in [6.45, 7) is 3.27. The van der Waals surface area contributed by atoms with Crippen LogP contribution in [0.5, 0.6) is 0 Å². The highest BCUT2D eigenvalue weighted by molar-refractivity contribution is 5.81. The van der Waals surface area contributed by atoms with E-state index >= 15 is 0 Å². The molecule has 0 aromatic rings. The molecule has 0 amide bonds. The van der Waals surface area contributed by atoms with Crippen molar-refractivity contribution in [2.75, 3.05) is 13.1 Å². The maximum Gasteiger partial charge on any atom is 0.403 e. The number of halogens is 3. The number of carbonyl (C=O) groups is 1. The van der Waals surface area contributed by atoms with E-state index in [1.165, 1.54) is 4.90 Å². The molecule has 2 nitrogen and oxygen atoms in total. The van der Waals surface area contributed by atoms with Crippen LogP contribution in [0.15, 0.2) is 0 Å². The number of Topliss-reactive ketones (excluding diaryl/α,β-unsaturated/α-hetero) is 1. The largest absolute Gasteiger partial charge is 0.403 e. The van der Waals surface area contributed by atoms with Crippen LogP contribution < -0.4 is 0 Å². The Morgan fingerprint density at radius 1 is 1.50 bits per heavy atom. The standard InChI is InChI=1S/C9H14F3NO/c1-6-5-13(4-3-8(6)14)7(2)9(10,11)12/h6-7H,3-5H2,1-2H3. The molecule has 0 aromatic carbocycles. The van der Waals surface area contributed by atoms with Crippen LogP contribution in [0, 0.1) is 5.92 Å². The first-order chi connectivity index (χ1) is 6.32. The van der Waals surface area contributed by atoms with Crippen molar-refractivity contribution in [3.8, 4) is 0 Å². The van der Waals surface area contributed by atoms with Crippen LogP contribution >= 0.6 is 0 Å². The van der Waals surface area contributed by atoms with Crippen molar-refractivity contribution in [1.82, 2.24) is 4.90 Å². The molecular weight excluding hydrogens is 195 g/mol. The van der Waals surface area contributed by atoms with E-state index < -0.39 is 12.2 Å². The van der Waals surface area contributed by atoms with E-state index in [0.717, 1.165) is 6.92 Å². The number of piperidine rings is 1. The number of nitrogens with zero attached hydrogens (tertiary/aromatic N) is 1. The highest BCUT2D eigenvalue weighted by Gasteiger charge is 2.41. The van der Waals surface area contributed by atoms with Crippen molar-refractivity contribution in [3.05, 3.63) is 0 Å². The van der Waals surface area contributed by atoms with Gasteiger partial charge in [0.25, 0.3) is 0 Å². The molecule has 0 spiro atoms. The predicted molar refractivity (Wildman–Crippen MR) is 45.9 cm³/mol. The van der Waals surface area contributed by atoms with Gasteiger partial charge in [-0.2, -0.15) is 13.2 Å². The van der Waals surface area contributed by atoms with Gasteiger partial charge >= 0.3 is 6.18 Å². The molecule has 0 radical (unpaired) electrons. The third kappa shape index (κ3) is 2.47. The van der Waals surface area contributed by atoms with Crippen LogP contribution in [0.2, 0.25) is 0 Å². The Morgan fingerprint density at radius 3 is 2.50 bits per heavy atom. The van der Waals surface area contributed by atoms with Gasteiger partial charge < -0.3 is 0 Å². The summed E-state index contributed by atoms with van der Waals surface area (Å²) in [6, 6.07) is -1.45. The van der Waals surface area contributed by atoms with E-state index in [2.05, 4.69) is 0 Å². The van der Waals surface area contributed by atoms with Gasteiger partial charge in [-0.3, -0.25) is 9.69 Å². The van der Waals surface area contributed by atoms with Crippen molar-refractivity contribution in [3.63, 3.8) is 0 Å². The topological polar surface area (TPSA) is 20.3 Å². The molecule has 82 valence electrons. The van der Waals surface area contributed by atoms with E-state index in [0.29, 0.717) is 0 Å². The third-order valence-corrected chi connectivity index (χ3v) is 2.72. The van der Waals surface area contributed by atoms with Gasteiger partial charge in [-0.15, -0.1) is 0 Å². The Kier molecular flexibility index (Phi) is 3.19. The first kappa shape index (κ1) is 11.5. The summed E-state index contributed by atoms with van der Waals surface area (Å²) < 4.78 is 37.0. The average Bonchev–Trinajstić information content (AvgIpc) is 2.07. The molecule has 1 saturated heterocycles. The van der Waals surface area contributed by atoms with E-state index in [1.54, 1.807) is 6.92 Å². The molecule has 0 bridgehead atoms. The lowest BCUT2D eigenvalue weighted by Crippen LogP contribution is -2.50. The van der Waals surface area contributed by atoms with Crippen molar-refractivity contribution < 1.29 is 18.0 Å². The first-order valence-corrected chi connectivity index (χ1v) is 4.66. The van der Waals surface area contributed by atoms with Crippen molar-refractivity contribution >= 4 is 5.78 Å². The van der Waals surface area contributed by atoms with Gasteiger partial charge in [-0.25, -0.2) is 0 Å². The maximum atomic E-state index is 12.3. The third-order valence-electron chi connectivity index (χ3n) is 2.72. The minimum absolute atomic E-state index is 0.0654. The van der Waals surface area contributed by atoms with Crippen LogP contribution in [0.25, 0.3) is 0 Å². The number of carbonyl (C=O) groups excluding carboxylic acids is 1. The molecule has 14 heavy (non-hydrogen) atoms. The van der Waals surface area contributed by atoms with E-state index in [-0.39, 0.29) is 31.2 Å². The maximum absolute atomic E-state index is 12.3. The molecule has 1 fully saturated rings. The zero-order chi connectivity index (χ0) is 10.9. The fourth-order valence-electron chi connectivity index (χ4n) is 1.60. The Hall–Kier alpha value is -0.580. The highest BCUT2D eigenvalue weighted by atomic mass is 19.4. The Labute approximate surface area is 81.1 Å². The summed E-state index contributed by atoms with van der Waals surface area (Å²) in [4.78, 5) is 12.4. The zero-order valence-electron chi connectivity index (χ0n) is 8.27. The molecule has 1 aliphatic rings. The predicted octanol–water partition coefficient (Wildman–Crippen LogP) is 1.85. The molecule has 2 atom stereocenters. The zero-order valence-corrected chi connectivity index (χ0v) is 8.27. The molecule has 5 heteroatoms. The molecule has 1 heterocycles. The molecule has 2 unspecified atom stereocenters. The fraction of sp³-hybridized carbons (Fsp3) is 0.889. The normalized spacial score (nSPS) is 27.8. The van der Waals surface area contributed by atoms with Gasteiger partial charge in [0.2, 0.25) is 0 Å². The van der Waals surface area contributed by atoms with Gasteiger partial charge in [0.05, 0.1) is 0 Å². The van der Waals surface area contributed by atoms with Crippen molar-refractivity contribution in [2.45, 2.75) is 32.5 Å². The lowest BCUT2D eigenvalue weighted by Gasteiger charge is -2.35. The van der Waals surface area contributed by atoms with E-state index in [1.807, 2.05) is 0 Å². The van der Waals surface area contributed by atoms with Crippen LogP contribution in [-0.4, -0.2) is 36.0 Å². The molecule has 0 saturated carbocycles. The quantitative estimate of drug-likeness (QED) is 0.656. The summed E-state index contributed by atoms with van der Waals surface area (Å²) in [5, 5.41) is 0. The second-order valence-corrected chi connectivity index (χ2v) is 3.83. The molecule has 1 rings (SSSR count). The fourth-order valence-corrected chi connectivity index (χ4v) is 1.60. The Bertz CT molecular complexity index is 227. The molecule has 0 N–H and O–H groups in total. The molecule has 0 aromatic heterocycles. The van der Waals surface area contributed by atoms with Crippen molar-refractivity contribution in [1.29, 1.82) is 0 Å². The molecule has 0 aliphatic carbocycles. The SMILES string of the molecule is CC1CN(C(C)C(F)(F)F)CCC1=O. The summed E-state index contributed by atoms with van der Waals surface area (Å²) >= 11 is 0.